The highest BCUT2D eigenvalue weighted by molar-refractivity contribution is 5.88. The molecule has 1 aromatic rings. The minimum atomic E-state index is -1.18. The number of carbonyl (C=O) groups is 2. The molecule has 22 heavy (non-hydrogen) atoms. The Balaban J connectivity index is 1.90. The Morgan fingerprint density at radius 3 is 2.68 bits per heavy atom. The number of hydrogen-bond acceptors (Lipinski definition) is 2. The molecule has 0 saturated heterocycles. The molecule has 2 atom stereocenters. The van der Waals surface area contributed by atoms with Crippen LogP contribution in [0.25, 0.3) is 0 Å². The van der Waals surface area contributed by atoms with Gasteiger partial charge in [0, 0.05) is 5.92 Å². The van der Waals surface area contributed by atoms with Crippen molar-refractivity contribution in [1.82, 2.24) is 5.32 Å². The highest BCUT2D eigenvalue weighted by Crippen LogP contribution is 2.39. The Morgan fingerprint density at radius 1 is 1.45 bits per heavy atom. The summed E-state index contributed by atoms with van der Waals surface area (Å²) >= 11 is 0. The topological polar surface area (TPSA) is 66.4 Å². The first-order chi connectivity index (χ1) is 10.3. The third-order valence-corrected chi connectivity index (χ3v) is 4.42. The SMILES string of the molecule is C[C@@H](CCc1cccc(F)c1)C(=O)N[C@@](C)(C(=O)O)C1CC1. The van der Waals surface area contributed by atoms with Crippen LogP contribution in [0.4, 0.5) is 4.39 Å². The predicted molar refractivity (Wildman–Crippen MR) is 80.8 cm³/mol. The fourth-order valence-electron chi connectivity index (χ4n) is 2.58. The molecular weight excluding hydrogens is 285 g/mol. The van der Waals surface area contributed by atoms with Crippen LogP contribution in [0.15, 0.2) is 24.3 Å². The minimum Gasteiger partial charge on any atom is -0.480 e. The maximum Gasteiger partial charge on any atom is 0.329 e. The van der Waals surface area contributed by atoms with Gasteiger partial charge in [-0.1, -0.05) is 19.1 Å². The maximum absolute atomic E-state index is 13.1. The molecule has 0 heterocycles. The molecule has 2 rings (SSSR count). The van der Waals surface area contributed by atoms with Crippen molar-refractivity contribution in [2.75, 3.05) is 0 Å². The highest BCUT2D eigenvalue weighted by atomic mass is 19.1. The van der Waals surface area contributed by atoms with Gasteiger partial charge in [-0.3, -0.25) is 4.79 Å². The average Bonchev–Trinajstić information content (AvgIpc) is 3.29. The first-order valence-corrected chi connectivity index (χ1v) is 7.63. The van der Waals surface area contributed by atoms with Crippen molar-refractivity contribution in [2.24, 2.45) is 11.8 Å². The predicted octanol–water partition coefficient (Wildman–Crippen LogP) is 2.76. The summed E-state index contributed by atoms with van der Waals surface area (Å²) < 4.78 is 13.1. The van der Waals surface area contributed by atoms with Gasteiger partial charge in [-0.15, -0.1) is 0 Å². The van der Waals surface area contributed by atoms with E-state index in [1.807, 2.05) is 6.07 Å². The lowest BCUT2D eigenvalue weighted by Gasteiger charge is -2.27. The number of carboxylic acids is 1. The van der Waals surface area contributed by atoms with Crippen LogP contribution in [0.1, 0.15) is 38.7 Å². The van der Waals surface area contributed by atoms with E-state index in [-0.39, 0.29) is 23.6 Å². The molecule has 1 amide bonds. The Morgan fingerprint density at radius 2 is 2.14 bits per heavy atom. The van der Waals surface area contributed by atoms with Crippen LogP contribution in [0.5, 0.6) is 0 Å². The van der Waals surface area contributed by atoms with Crippen molar-refractivity contribution in [3.05, 3.63) is 35.6 Å². The standard InChI is InChI=1S/C17H22FNO3/c1-11(6-7-12-4-3-5-14(18)10-12)15(20)19-17(2,16(21)22)13-8-9-13/h3-5,10-11,13H,6-9H2,1-2H3,(H,19,20)(H,21,22)/t11-,17+/m0/s1. The van der Waals surface area contributed by atoms with Gasteiger partial charge in [-0.2, -0.15) is 0 Å². The molecule has 1 fully saturated rings. The van der Waals surface area contributed by atoms with Crippen molar-refractivity contribution in [1.29, 1.82) is 0 Å². The number of aryl methyl sites for hydroxylation is 1. The zero-order valence-electron chi connectivity index (χ0n) is 12.9. The number of nitrogens with one attached hydrogen (secondary N) is 1. The van der Waals surface area contributed by atoms with E-state index in [0.29, 0.717) is 12.8 Å². The van der Waals surface area contributed by atoms with Crippen molar-refractivity contribution in [2.45, 2.75) is 45.1 Å². The second-order valence-electron chi connectivity index (χ2n) is 6.34. The summed E-state index contributed by atoms with van der Waals surface area (Å²) in [5, 5.41) is 12.0. The lowest BCUT2D eigenvalue weighted by molar-refractivity contribution is -0.148. The van der Waals surface area contributed by atoms with Crippen LogP contribution >= 0.6 is 0 Å². The first kappa shape index (κ1) is 16.5. The number of hydrogen-bond donors (Lipinski definition) is 2. The second-order valence-corrected chi connectivity index (χ2v) is 6.34. The Hall–Kier alpha value is -1.91. The van der Waals surface area contributed by atoms with E-state index in [0.717, 1.165) is 18.4 Å². The van der Waals surface area contributed by atoms with Gasteiger partial charge in [0.1, 0.15) is 11.4 Å². The molecule has 0 unspecified atom stereocenters. The number of halogens is 1. The third-order valence-electron chi connectivity index (χ3n) is 4.42. The van der Waals surface area contributed by atoms with Crippen LogP contribution in [0.2, 0.25) is 0 Å². The van der Waals surface area contributed by atoms with E-state index in [1.54, 1.807) is 19.9 Å². The van der Waals surface area contributed by atoms with Crippen molar-refractivity contribution in [3.8, 4) is 0 Å². The fraction of sp³-hybridized carbons (Fsp3) is 0.529. The number of amides is 1. The number of carboxylic acid groups (broad SMARTS) is 1. The second kappa shape index (κ2) is 6.46. The fourth-order valence-corrected chi connectivity index (χ4v) is 2.58. The van der Waals surface area contributed by atoms with Gasteiger partial charge >= 0.3 is 5.97 Å². The lowest BCUT2D eigenvalue weighted by atomic mass is 9.93. The third kappa shape index (κ3) is 3.84. The Bertz CT molecular complexity index is 571. The first-order valence-electron chi connectivity index (χ1n) is 7.63. The van der Waals surface area contributed by atoms with Gasteiger partial charge in [0.05, 0.1) is 0 Å². The molecule has 1 aliphatic rings. The summed E-state index contributed by atoms with van der Waals surface area (Å²) in [5.41, 5.74) is -0.340. The minimum absolute atomic E-state index is 0.0179. The molecule has 0 bridgehead atoms. The van der Waals surface area contributed by atoms with E-state index < -0.39 is 11.5 Å². The molecule has 1 aliphatic carbocycles. The van der Waals surface area contributed by atoms with Gasteiger partial charge in [-0.05, 0) is 56.2 Å². The number of aliphatic carboxylic acids is 1. The monoisotopic (exact) mass is 307 g/mol. The summed E-state index contributed by atoms with van der Waals surface area (Å²) in [4.78, 5) is 23.7. The zero-order chi connectivity index (χ0) is 16.3. The van der Waals surface area contributed by atoms with Crippen LogP contribution < -0.4 is 5.32 Å². The van der Waals surface area contributed by atoms with Gasteiger partial charge in [-0.25, -0.2) is 9.18 Å². The van der Waals surface area contributed by atoms with Crippen LogP contribution in [-0.4, -0.2) is 22.5 Å². The molecule has 1 aromatic carbocycles. The molecule has 120 valence electrons. The van der Waals surface area contributed by atoms with Gasteiger partial charge in [0.25, 0.3) is 0 Å². The van der Waals surface area contributed by atoms with Crippen LogP contribution in [0.3, 0.4) is 0 Å². The summed E-state index contributed by atoms with van der Waals surface area (Å²) in [6, 6.07) is 6.30. The smallest absolute Gasteiger partial charge is 0.329 e. The molecule has 4 nitrogen and oxygen atoms in total. The molecule has 0 aromatic heterocycles. The number of benzene rings is 1. The molecule has 0 aliphatic heterocycles. The Kier molecular flexibility index (Phi) is 4.84. The van der Waals surface area contributed by atoms with E-state index in [4.69, 9.17) is 0 Å². The molecule has 1 saturated carbocycles. The summed E-state index contributed by atoms with van der Waals surface area (Å²) in [6.45, 7) is 3.34. The maximum atomic E-state index is 13.1. The largest absolute Gasteiger partial charge is 0.480 e. The highest BCUT2D eigenvalue weighted by Gasteiger charge is 2.48. The van der Waals surface area contributed by atoms with Gasteiger partial charge in [0.15, 0.2) is 0 Å². The normalized spacial score (nSPS) is 18.3. The van der Waals surface area contributed by atoms with E-state index in [1.165, 1.54) is 12.1 Å². The van der Waals surface area contributed by atoms with E-state index in [2.05, 4.69) is 5.32 Å². The summed E-state index contributed by atoms with van der Waals surface area (Å²) in [6.07, 6.45) is 2.80. The molecule has 0 spiro atoms. The summed E-state index contributed by atoms with van der Waals surface area (Å²) in [5.74, 6) is -1.83. The van der Waals surface area contributed by atoms with E-state index in [9.17, 15) is 19.1 Å². The van der Waals surface area contributed by atoms with Crippen molar-refractivity contribution < 1.29 is 19.1 Å². The number of carbonyl (C=O) groups excluding carboxylic acids is 1. The molecule has 2 N–H and O–H groups in total. The van der Waals surface area contributed by atoms with Crippen molar-refractivity contribution in [3.63, 3.8) is 0 Å². The molecule has 5 heteroatoms. The molecule has 0 radical (unpaired) electrons. The summed E-state index contributed by atoms with van der Waals surface area (Å²) in [7, 11) is 0. The Labute approximate surface area is 129 Å². The molecular formula is C17H22FNO3. The average molecular weight is 307 g/mol. The van der Waals surface area contributed by atoms with Crippen LogP contribution in [0, 0.1) is 17.7 Å². The lowest BCUT2D eigenvalue weighted by Crippen LogP contribution is -2.55. The van der Waals surface area contributed by atoms with Crippen molar-refractivity contribution >= 4 is 11.9 Å². The zero-order valence-corrected chi connectivity index (χ0v) is 12.9. The number of rotatable bonds is 7. The van der Waals surface area contributed by atoms with Gasteiger partial charge < -0.3 is 10.4 Å². The van der Waals surface area contributed by atoms with E-state index >= 15 is 0 Å². The van der Waals surface area contributed by atoms with Crippen LogP contribution in [-0.2, 0) is 16.0 Å². The van der Waals surface area contributed by atoms with Gasteiger partial charge in [0.2, 0.25) is 5.91 Å². The quantitative estimate of drug-likeness (QED) is 0.814.